The Hall–Kier alpha value is -1.42. The summed E-state index contributed by atoms with van der Waals surface area (Å²) in [5.41, 5.74) is 0.590. The summed E-state index contributed by atoms with van der Waals surface area (Å²) in [5, 5.41) is 6.49. The molecule has 0 aliphatic heterocycles. The second-order valence-corrected chi connectivity index (χ2v) is 7.01. The molecule has 2 bridgehead atoms. The van der Waals surface area contributed by atoms with E-state index in [0.717, 1.165) is 11.8 Å². The van der Waals surface area contributed by atoms with Gasteiger partial charge in [-0.15, -0.1) is 0 Å². The van der Waals surface area contributed by atoms with Crippen LogP contribution < -0.4 is 15.4 Å². The zero-order valence-electron chi connectivity index (χ0n) is 13.1. The standard InChI is InChI=1S/C17H23ClN2O2/c1-10(14-8-11-3-4-12(14)7-11)19-17(21)20-15-9-13(18)5-6-16(15)22-2/h5-6,9-12,14H,3-4,7-8H2,1-2H3,(H2,19,20,21). The van der Waals surface area contributed by atoms with Gasteiger partial charge in [-0.25, -0.2) is 4.79 Å². The lowest BCUT2D eigenvalue weighted by molar-refractivity contribution is 0.230. The van der Waals surface area contributed by atoms with Gasteiger partial charge in [-0.2, -0.15) is 0 Å². The van der Waals surface area contributed by atoms with Crippen LogP contribution in [0.4, 0.5) is 10.5 Å². The summed E-state index contributed by atoms with van der Waals surface area (Å²) in [4.78, 5) is 12.2. The molecule has 4 nitrogen and oxygen atoms in total. The van der Waals surface area contributed by atoms with Crippen molar-refractivity contribution in [1.82, 2.24) is 5.32 Å². The van der Waals surface area contributed by atoms with Crippen molar-refractivity contribution in [3.63, 3.8) is 0 Å². The summed E-state index contributed by atoms with van der Waals surface area (Å²) in [7, 11) is 1.57. The van der Waals surface area contributed by atoms with Crippen LogP contribution in [0.5, 0.6) is 5.75 Å². The largest absolute Gasteiger partial charge is 0.495 e. The average molecular weight is 323 g/mol. The highest BCUT2D eigenvalue weighted by Gasteiger charge is 2.42. The van der Waals surface area contributed by atoms with Gasteiger partial charge in [-0.1, -0.05) is 18.0 Å². The van der Waals surface area contributed by atoms with Crippen LogP contribution in [0.2, 0.25) is 5.02 Å². The maximum absolute atomic E-state index is 12.2. The van der Waals surface area contributed by atoms with Gasteiger partial charge in [0.15, 0.2) is 0 Å². The van der Waals surface area contributed by atoms with Gasteiger partial charge in [-0.05, 0) is 62.1 Å². The molecule has 0 heterocycles. The molecular formula is C17H23ClN2O2. The normalized spacial score (nSPS) is 27.5. The van der Waals surface area contributed by atoms with Crippen molar-refractivity contribution in [2.75, 3.05) is 12.4 Å². The molecule has 0 spiro atoms. The number of nitrogens with one attached hydrogen (secondary N) is 2. The van der Waals surface area contributed by atoms with Gasteiger partial charge in [0.25, 0.3) is 0 Å². The van der Waals surface area contributed by atoms with E-state index in [2.05, 4.69) is 17.6 Å². The van der Waals surface area contributed by atoms with E-state index >= 15 is 0 Å². The zero-order chi connectivity index (χ0) is 15.7. The third-order valence-electron chi connectivity index (χ3n) is 5.20. The molecule has 4 unspecified atom stereocenters. The molecule has 2 aliphatic rings. The molecule has 4 atom stereocenters. The Morgan fingerprint density at radius 1 is 1.36 bits per heavy atom. The highest BCUT2D eigenvalue weighted by Crippen LogP contribution is 2.49. The first-order valence-electron chi connectivity index (χ1n) is 7.98. The first-order chi connectivity index (χ1) is 10.6. The lowest BCUT2D eigenvalue weighted by Gasteiger charge is -2.28. The predicted octanol–water partition coefficient (Wildman–Crippen LogP) is 4.29. The minimum absolute atomic E-state index is 0.195. The van der Waals surface area contributed by atoms with Crippen molar-refractivity contribution < 1.29 is 9.53 Å². The fourth-order valence-corrected chi connectivity index (χ4v) is 4.33. The number of carbonyl (C=O) groups excluding carboxylic acids is 1. The molecule has 1 aromatic carbocycles. The number of halogens is 1. The highest BCUT2D eigenvalue weighted by atomic mass is 35.5. The molecule has 0 aromatic heterocycles. The van der Waals surface area contributed by atoms with Crippen molar-refractivity contribution in [3.05, 3.63) is 23.2 Å². The Morgan fingerprint density at radius 3 is 2.82 bits per heavy atom. The van der Waals surface area contributed by atoms with Crippen LogP contribution in [-0.2, 0) is 0 Å². The summed E-state index contributed by atoms with van der Waals surface area (Å²) in [5.74, 6) is 2.90. The van der Waals surface area contributed by atoms with Crippen LogP contribution in [0, 0.1) is 17.8 Å². The maximum Gasteiger partial charge on any atom is 0.319 e. The van der Waals surface area contributed by atoms with Gasteiger partial charge in [0.05, 0.1) is 12.8 Å². The SMILES string of the molecule is COc1ccc(Cl)cc1NC(=O)NC(C)C1CC2CCC1C2. The number of rotatable bonds is 4. The van der Waals surface area contributed by atoms with Crippen molar-refractivity contribution in [3.8, 4) is 5.75 Å². The lowest BCUT2D eigenvalue weighted by atomic mass is 9.84. The molecule has 5 heteroatoms. The number of methoxy groups -OCH3 is 1. The number of anilines is 1. The molecule has 0 saturated heterocycles. The van der Waals surface area contributed by atoms with E-state index < -0.39 is 0 Å². The number of hydrogen-bond acceptors (Lipinski definition) is 2. The Balaban J connectivity index is 1.59. The van der Waals surface area contributed by atoms with Crippen LogP contribution in [0.3, 0.4) is 0 Å². The molecule has 2 N–H and O–H groups in total. The summed E-state index contributed by atoms with van der Waals surface area (Å²) < 4.78 is 5.25. The molecule has 2 amide bonds. The lowest BCUT2D eigenvalue weighted by Crippen LogP contribution is -2.42. The summed E-state index contributed by atoms with van der Waals surface area (Å²) in [6.45, 7) is 2.11. The van der Waals surface area contributed by atoms with Crippen molar-refractivity contribution in [1.29, 1.82) is 0 Å². The number of hydrogen-bond donors (Lipinski definition) is 2. The average Bonchev–Trinajstić information content (AvgIpc) is 3.10. The zero-order valence-corrected chi connectivity index (χ0v) is 13.8. The molecule has 2 aliphatic carbocycles. The predicted molar refractivity (Wildman–Crippen MR) is 88.6 cm³/mol. The van der Waals surface area contributed by atoms with E-state index in [-0.39, 0.29) is 12.1 Å². The van der Waals surface area contributed by atoms with Crippen LogP contribution >= 0.6 is 11.6 Å². The summed E-state index contributed by atoms with van der Waals surface area (Å²) >= 11 is 5.98. The molecule has 120 valence electrons. The van der Waals surface area contributed by atoms with Gasteiger partial charge in [0.2, 0.25) is 0 Å². The minimum Gasteiger partial charge on any atom is -0.495 e. The fourth-order valence-electron chi connectivity index (χ4n) is 4.16. The van der Waals surface area contributed by atoms with Crippen LogP contribution in [-0.4, -0.2) is 19.2 Å². The van der Waals surface area contributed by atoms with E-state index in [0.29, 0.717) is 22.4 Å². The van der Waals surface area contributed by atoms with Crippen LogP contribution in [0.1, 0.15) is 32.6 Å². The van der Waals surface area contributed by atoms with Gasteiger partial charge in [-0.3, -0.25) is 0 Å². The second-order valence-electron chi connectivity index (χ2n) is 6.57. The number of benzene rings is 1. The Kier molecular flexibility index (Phi) is 4.48. The van der Waals surface area contributed by atoms with Crippen molar-refractivity contribution >= 4 is 23.3 Å². The highest BCUT2D eigenvalue weighted by molar-refractivity contribution is 6.31. The Morgan fingerprint density at radius 2 is 2.18 bits per heavy atom. The van der Waals surface area contributed by atoms with Gasteiger partial charge >= 0.3 is 6.03 Å². The molecule has 2 saturated carbocycles. The first-order valence-corrected chi connectivity index (χ1v) is 8.35. The van der Waals surface area contributed by atoms with Gasteiger partial charge in [0, 0.05) is 11.1 Å². The van der Waals surface area contributed by atoms with E-state index in [1.54, 1.807) is 25.3 Å². The molecule has 3 rings (SSSR count). The molecule has 22 heavy (non-hydrogen) atoms. The number of amides is 2. The Bertz CT molecular complexity index is 564. The third kappa shape index (κ3) is 3.17. The van der Waals surface area contributed by atoms with Crippen molar-refractivity contribution in [2.24, 2.45) is 17.8 Å². The molecular weight excluding hydrogens is 300 g/mol. The summed E-state index contributed by atoms with van der Waals surface area (Å²) in [6.07, 6.45) is 5.30. The number of carbonyl (C=O) groups is 1. The van der Waals surface area contributed by atoms with Gasteiger partial charge < -0.3 is 15.4 Å². The fraction of sp³-hybridized carbons (Fsp3) is 0.588. The van der Waals surface area contributed by atoms with Crippen LogP contribution in [0.25, 0.3) is 0 Å². The minimum atomic E-state index is -0.198. The maximum atomic E-state index is 12.2. The van der Waals surface area contributed by atoms with E-state index in [1.165, 1.54) is 25.7 Å². The second kappa shape index (κ2) is 6.37. The number of fused-ring (bicyclic) bond motifs is 2. The quantitative estimate of drug-likeness (QED) is 0.868. The molecule has 0 radical (unpaired) electrons. The van der Waals surface area contributed by atoms with E-state index in [4.69, 9.17) is 16.3 Å². The Labute approximate surface area is 136 Å². The van der Waals surface area contributed by atoms with E-state index in [9.17, 15) is 4.79 Å². The van der Waals surface area contributed by atoms with Gasteiger partial charge in [0.1, 0.15) is 5.75 Å². The molecule has 2 fully saturated rings. The smallest absolute Gasteiger partial charge is 0.319 e. The van der Waals surface area contributed by atoms with Crippen LogP contribution in [0.15, 0.2) is 18.2 Å². The number of urea groups is 1. The van der Waals surface area contributed by atoms with Crippen molar-refractivity contribution in [2.45, 2.75) is 38.6 Å². The number of ether oxygens (including phenoxy) is 1. The first kappa shape index (κ1) is 15.5. The third-order valence-corrected chi connectivity index (χ3v) is 5.44. The summed E-state index contributed by atoms with van der Waals surface area (Å²) in [6, 6.07) is 5.18. The van der Waals surface area contributed by atoms with E-state index in [1.807, 2.05) is 0 Å². The molecule has 1 aromatic rings. The topological polar surface area (TPSA) is 50.4 Å². The monoisotopic (exact) mass is 322 g/mol.